The van der Waals surface area contributed by atoms with Crippen LogP contribution in [0.1, 0.15) is 124 Å². The average Bonchev–Trinajstić information content (AvgIpc) is 2.68. The van der Waals surface area contributed by atoms with E-state index in [1.807, 2.05) is 0 Å². The average molecular weight is 435 g/mol. The summed E-state index contributed by atoms with van der Waals surface area (Å²) in [5.41, 5.74) is 0. The molecular formula is C24H53NO3P+. The van der Waals surface area contributed by atoms with Crippen LogP contribution >= 0.6 is 8.25 Å². The molecule has 176 valence electrons. The van der Waals surface area contributed by atoms with Crippen molar-refractivity contribution in [2.75, 3.05) is 33.8 Å². The second-order valence-corrected chi connectivity index (χ2v) is 9.63. The monoisotopic (exact) mass is 434 g/mol. The van der Waals surface area contributed by atoms with Crippen LogP contribution in [0.15, 0.2) is 0 Å². The first kappa shape index (κ1) is 31.2. The lowest BCUT2D eigenvalue weighted by Crippen LogP contribution is -2.39. The molecule has 0 aliphatic heterocycles. The summed E-state index contributed by atoms with van der Waals surface area (Å²) < 4.78 is 14.6. The predicted octanol–water partition coefficient (Wildman–Crippen LogP) is 7.38. The van der Waals surface area contributed by atoms with E-state index in [1.54, 1.807) is 6.92 Å². The summed E-state index contributed by atoms with van der Waals surface area (Å²) in [5, 5.41) is 0. The van der Waals surface area contributed by atoms with Gasteiger partial charge in [0.15, 0.2) is 0 Å². The fourth-order valence-corrected chi connectivity index (χ4v) is 3.56. The maximum atomic E-state index is 9.41. The van der Waals surface area contributed by atoms with Gasteiger partial charge in [0.2, 0.25) is 0 Å². The molecule has 0 fully saturated rings. The van der Waals surface area contributed by atoms with Gasteiger partial charge in [0, 0.05) is 0 Å². The fourth-order valence-electron chi connectivity index (χ4n) is 3.35. The lowest BCUT2D eigenvalue weighted by molar-refractivity contribution is -0.888. The number of unbranched alkanes of at least 4 members (excludes halogenated alkanes) is 15. The van der Waals surface area contributed by atoms with Gasteiger partial charge in [-0.05, 0) is 31.3 Å². The molecule has 5 heteroatoms. The van der Waals surface area contributed by atoms with Crippen LogP contribution in [-0.2, 0) is 9.09 Å². The Balaban J connectivity index is 0. The van der Waals surface area contributed by atoms with E-state index in [1.165, 1.54) is 120 Å². The van der Waals surface area contributed by atoms with E-state index in [9.17, 15) is 9.46 Å². The first-order valence-electron chi connectivity index (χ1n) is 12.5. The number of quaternary nitrogens is 1. The summed E-state index contributed by atoms with van der Waals surface area (Å²) in [6.07, 6.45) is 23.4. The van der Waals surface area contributed by atoms with Crippen molar-refractivity contribution < 1.29 is 18.5 Å². The van der Waals surface area contributed by atoms with E-state index in [0.717, 1.165) is 0 Å². The minimum atomic E-state index is -2.60. The molecular weight excluding hydrogens is 381 g/mol. The molecule has 0 aromatic heterocycles. The predicted molar refractivity (Wildman–Crippen MR) is 126 cm³/mol. The Bertz CT molecular complexity index is 338. The molecule has 0 aliphatic rings. The Hall–Kier alpha value is -0.0200. The molecule has 29 heavy (non-hydrogen) atoms. The maximum Gasteiger partial charge on any atom is 0.488 e. The van der Waals surface area contributed by atoms with Gasteiger partial charge in [-0.2, -0.15) is 0 Å². The molecule has 0 aliphatic carbocycles. The SMILES string of the molecule is CCCCCCCCCCCCCCCCCC[N+](C)(C)CC.CCO[P+](=O)[O-]. The van der Waals surface area contributed by atoms with E-state index >= 15 is 0 Å². The third kappa shape index (κ3) is 30.3. The van der Waals surface area contributed by atoms with E-state index in [0.29, 0.717) is 0 Å². The van der Waals surface area contributed by atoms with E-state index in [2.05, 4.69) is 32.5 Å². The lowest BCUT2D eigenvalue weighted by atomic mass is 10.0. The maximum absolute atomic E-state index is 9.41. The molecule has 1 unspecified atom stereocenters. The van der Waals surface area contributed by atoms with Crippen LogP contribution in [0.2, 0.25) is 0 Å². The lowest BCUT2D eigenvalue weighted by Gasteiger charge is -2.28. The summed E-state index contributed by atoms with van der Waals surface area (Å²) in [4.78, 5) is 9.41. The molecule has 0 rings (SSSR count). The van der Waals surface area contributed by atoms with Gasteiger partial charge in [-0.3, -0.25) is 0 Å². The second kappa shape index (κ2) is 24.3. The summed E-state index contributed by atoms with van der Waals surface area (Å²) in [7, 11) is 2.10. The summed E-state index contributed by atoms with van der Waals surface area (Å²) in [5.74, 6) is 0. The molecule has 0 aromatic carbocycles. The zero-order chi connectivity index (χ0) is 22.2. The van der Waals surface area contributed by atoms with Crippen LogP contribution < -0.4 is 4.89 Å². The van der Waals surface area contributed by atoms with Crippen molar-refractivity contribution in [2.45, 2.75) is 124 Å². The minimum Gasteiger partial charge on any atom is -0.566 e. The summed E-state index contributed by atoms with van der Waals surface area (Å²) >= 11 is 0. The Kier molecular flexibility index (Phi) is 26.1. The molecule has 1 atom stereocenters. The van der Waals surface area contributed by atoms with E-state index in [4.69, 9.17) is 0 Å². The molecule has 0 heterocycles. The summed E-state index contributed by atoms with van der Waals surface area (Å²) in [6.45, 7) is 9.07. The number of rotatable bonds is 20. The van der Waals surface area contributed by atoms with Crippen molar-refractivity contribution in [2.24, 2.45) is 0 Å². The van der Waals surface area contributed by atoms with Crippen molar-refractivity contribution in [3.63, 3.8) is 0 Å². The molecule has 4 nitrogen and oxygen atoms in total. The highest BCUT2D eigenvalue weighted by molar-refractivity contribution is 7.30. The van der Waals surface area contributed by atoms with Crippen LogP contribution in [0.5, 0.6) is 0 Å². The molecule has 0 spiro atoms. The van der Waals surface area contributed by atoms with E-state index in [-0.39, 0.29) is 6.61 Å². The quantitative estimate of drug-likeness (QED) is 0.114. The normalized spacial score (nSPS) is 11.9. The molecule has 0 amide bonds. The minimum absolute atomic E-state index is 0.235. The van der Waals surface area contributed by atoms with Crippen molar-refractivity contribution in [3.05, 3.63) is 0 Å². The molecule has 0 saturated carbocycles. The first-order valence-corrected chi connectivity index (χ1v) is 13.6. The largest absolute Gasteiger partial charge is 0.566 e. The Labute approximate surface area is 184 Å². The standard InChI is InChI=1S/C22H48N.C2H5O3P/c1-5-7-8-9-10-11-12-13-14-15-16-17-18-19-20-21-22-23(3,4)6-2;1-2-5-6(3)4/h5-22H2,1-4H3;2H2,1H3/q+1;. The molecule has 0 bridgehead atoms. The molecule has 0 aromatic rings. The smallest absolute Gasteiger partial charge is 0.488 e. The Morgan fingerprint density at radius 1 is 0.655 bits per heavy atom. The molecule has 0 radical (unpaired) electrons. The van der Waals surface area contributed by atoms with Crippen LogP contribution in [0.3, 0.4) is 0 Å². The highest BCUT2D eigenvalue weighted by atomic mass is 31.1. The molecule has 0 N–H and O–H groups in total. The second-order valence-electron chi connectivity index (χ2n) is 8.92. The van der Waals surface area contributed by atoms with Crippen molar-refractivity contribution in [1.82, 2.24) is 0 Å². The summed E-state index contributed by atoms with van der Waals surface area (Å²) in [6, 6.07) is 0. The van der Waals surface area contributed by atoms with Crippen LogP contribution in [0.25, 0.3) is 0 Å². The van der Waals surface area contributed by atoms with Crippen molar-refractivity contribution in [3.8, 4) is 0 Å². The van der Waals surface area contributed by atoms with Crippen LogP contribution in [0.4, 0.5) is 0 Å². The number of hydrogen-bond acceptors (Lipinski definition) is 3. The fraction of sp³-hybridized carbons (Fsp3) is 1.00. The molecule has 0 saturated heterocycles. The highest BCUT2D eigenvalue weighted by Gasteiger charge is 2.09. The van der Waals surface area contributed by atoms with Crippen LogP contribution in [-0.4, -0.2) is 38.3 Å². The van der Waals surface area contributed by atoms with Gasteiger partial charge >= 0.3 is 8.25 Å². The van der Waals surface area contributed by atoms with Gasteiger partial charge in [0.25, 0.3) is 0 Å². The van der Waals surface area contributed by atoms with Gasteiger partial charge < -0.3 is 9.38 Å². The van der Waals surface area contributed by atoms with Crippen molar-refractivity contribution in [1.29, 1.82) is 0 Å². The van der Waals surface area contributed by atoms with Gasteiger partial charge in [0.1, 0.15) is 0 Å². The highest BCUT2D eigenvalue weighted by Crippen LogP contribution is 2.14. The number of hydrogen-bond donors (Lipinski definition) is 0. The zero-order valence-corrected chi connectivity index (χ0v) is 21.4. The topological polar surface area (TPSA) is 49.4 Å². The number of nitrogens with zero attached hydrogens (tertiary/aromatic N) is 1. The van der Waals surface area contributed by atoms with Gasteiger partial charge in [-0.25, -0.2) is 0 Å². The third-order valence-electron chi connectivity index (χ3n) is 5.71. The van der Waals surface area contributed by atoms with Crippen molar-refractivity contribution >= 4 is 8.25 Å². The zero-order valence-electron chi connectivity index (χ0n) is 20.6. The Morgan fingerprint density at radius 2 is 1.00 bits per heavy atom. The first-order chi connectivity index (χ1) is 13.9. The third-order valence-corrected chi connectivity index (χ3v) is 6.18. The van der Waals surface area contributed by atoms with Gasteiger partial charge in [0.05, 0.1) is 33.8 Å². The van der Waals surface area contributed by atoms with Crippen LogP contribution in [0, 0.1) is 0 Å². The van der Waals surface area contributed by atoms with Gasteiger partial charge in [-0.15, -0.1) is 4.52 Å². The van der Waals surface area contributed by atoms with Gasteiger partial charge in [-0.1, -0.05) is 96.8 Å². The Morgan fingerprint density at radius 3 is 1.24 bits per heavy atom. The van der Waals surface area contributed by atoms with E-state index < -0.39 is 8.25 Å².